The van der Waals surface area contributed by atoms with Crippen LogP contribution < -0.4 is 15.2 Å². The summed E-state index contributed by atoms with van der Waals surface area (Å²) in [6, 6.07) is 12.9. The number of aromatic nitrogens is 1. The molecule has 2 aromatic rings. The van der Waals surface area contributed by atoms with Crippen LogP contribution >= 0.6 is 0 Å². The fourth-order valence-corrected chi connectivity index (χ4v) is 1.46. The molecule has 0 fully saturated rings. The Hall–Kier alpha value is -2.23. The van der Waals surface area contributed by atoms with Crippen molar-refractivity contribution >= 4 is 5.69 Å². The number of rotatable bonds is 5. The van der Waals surface area contributed by atoms with Crippen LogP contribution in [0, 0.1) is 5.92 Å². The summed E-state index contributed by atoms with van der Waals surface area (Å²) in [6.07, 6.45) is 0. The van der Waals surface area contributed by atoms with Crippen LogP contribution in [0.2, 0.25) is 0 Å². The Labute approximate surface area is 113 Å². The van der Waals surface area contributed by atoms with Gasteiger partial charge in [-0.15, -0.1) is 0 Å². The molecule has 1 aromatic heterocycles. The number of ether oxygens (including phenoxy) is 2. The van der Waals surface area contributed by atoms with Gasteiger partial charge in [-0.2, -0.15) is 4.98 Å². The first-order chi connectivity index (χ1) is 9.15. The van der Waals surface area contributed by atoms with Gasteiger partial charge in [-0.3, -0.25) is 0 Å². The lowest BCUT2D eigenvalue weighted by Gasteiger charge is -2.11. The Bertz CT molecular complexity index is 527. The van der Waals surface area contributed by atoms with Gasteiger partial charge in [-0.25, -0.2) is 0 Å². The predicted octanol–water partition coefficient (Wildman–Crippen LogP) is 3.49. The van der Waals surface area contributed by atoms with Crippen LogP contribution in [0.5, 0.6) is 17.5 Å². The van der Waals surface area contributed by atoms with Gasteiger partial charge in [0.05, 0.1) is 12.3 Å². The maximum atomic E-state index is 5.83. The van der Waals surface area contributed by atoms with E-state index in [1.807, 2.05) is 30.3 Å². The minimum atomic E-state index is 0.417. The van der Waals surface area contributed by atoms with Gasteiger partial charge in [0.15, 0.2) is 0 Å². The summed E-state index contributed by atoms with van der Waals surface area (Å²) in [5.41, 5.74) is 6.34. The second-order valence-electron chi connectivity index (χ2n) is 4.66. The summed E-state index contributed by atoms with van der Waals surface area (Å²) < 4.78 is 11.2. The molecule has 0 aliphatic heterocycles. The van der Waals surface area contributed by atoms with Crippen molar-refractivity contribution in [3.63, 3.8) is 0 Å². The molecule has 1 aromatic carbocycles. The lowest BCUT2D eigenvalue weighted by molar-refractivity contribution is 0.260. The van der Waals surface area contributed by atoms with E-state index in [2.05, 4.69) is 18.8 Å². The highest BCUT2D eigenvalue weighted by atomic mass is 16.5. The number of pyridine rings is 1. The van der Waals surface area contributed by atoms with Gasteiger partial charge >= 0.3 is 0 Å². The molecule has 19 heavy (non-hydrogen) atoms. The first-order valence-corrected chi connectivity index (χ1v) is 6.27. The Kier molecular flexibility index (Phi) is 4.23. The fourth-order valence-electron chi connectivity index (χ4n) is 1.46. The second-order valence-corrected chi connectivity index (χ2v) is 4.66. The van der Waals surface area contributed by atoms with Crippen LogP contribution in [-0.4, -0.2) is 11.6 Å². The van der Waals surface area contributed by atoms with Crippen molar-refractivity contribution in [2.45, 2.75) is 13.8 Å². The third-order valence-electron chi connectivity index (χ3n) is 2.38. The minimum absolute atomic E-state index is 0.417. The third kappa shape index (κ3) is 3.88. The summed E-state index contributed by atoms with van der Waals surface area (Å²) in [5.74, 6) is 2.04. The third-order valence-corrected chi connectivity index (χ3v) is 2.38. The summed E-state index contributed by atoms with van der Waals surface area (Å²) in [7, 11) is 0. The van der Waals surface area contributed by atoms with Gasteiger partial charge in [0.1, 0.15) is 5.75 Å². The van der Waals surface area contributed by atoms with Gasteiger partial charge in [0.2, 0.25) is 11.8 Å². The van der Waals surface area contributed by atoms with Crippen molar-refractivity contribution in [2.24, 2.45) is 5.92 Å². The number of hydrogen-bond donors (Lipinski definition) is 1. The fraction of sp³-hybridized carbons (Fsp3) is 0.267. The molecular formula is C15H18N2O2. The highest BCUT2D eigenvalue weighted by Crippen LogP contribution is 2.25. The van der Waals surface area contributed by atoms with E-state index >= 15 is 0 Å². The second kappa shape index (κ2) is 6.09. The van der Waals surface area contributed by atoms with Gasteiger partial charge in [-0.1, -0.05) is 32.0 Å². The number of nitrogens with zero attached hydrogens (tertiary/aromatic N) is 1. The van der Waals surface area contributed by atoms with E-state index in [4.69, 9.17) is 15.2 Å². The highest BCUT2D eigenvalue weighted by molar-refractivity contribution is 5.49. The van der Waals surface area contributed by atoms with E-state index < -0.39 is 0 Å². The molecule has 2 rings (SSSR count). The van der Waals surface area contributed by atoms with E-state index in [0.29, 0.717) is 30.0 Å². The highest BCUT2D eigenvalue weighted by Gasteiger charge is 2.07. The van der Waals surface area contributed by atoms with E-state index in [-0.39, 0.29) is 0 Å². The Morgan fingerprint density at radius 1 is 1.11 bits per heavy atom. The van der Waals surface area contributed by atoms with E-state index in [9.17, 15) is 0 Å². The van der Waals surface area contributed by atoms with Crippen LogP contribution in [0.1, 0.15) is 13.8 Å². The lowest BCUT2D eigenvalue weighted by Crippen LogP contribution is -2.07. The lowest BCUT2D eigenvalue weighted by atomic mass is 10.2. The molecule has 0 unspecified atom stereocenters. The Morgan fingerprint density at radius 2 is 1.84 bits per heavy atom. The van der Waals surface area contributed by atoms with Gasteiger partial charge in [0, 0.05) is 6.07 Å². The Morgan fingerprint density at radius 3 is 2.53 bits per heavy atom. The van der Waals surface area contributed by atoms with Crippen LogP contribution in [0.3, 0.4) is 0 Å². The quantitative estimate of drug-likeness (QED) is 0.891. The van der Waals surface area contributed by atoms with Crippen molar-refractivity contribution < 1.29 is 9.47 Å². The molecule has 0 amide bonds. The molecule has 4 heteroatoms. The average Bonchev–Trinajstić information content (AvgIpc) is 2.40. The molecule has 0 aliphatic carbocycles. The first-order valence-electron chi connectivity index (χ1n) is 6.27. The van der Waals surface area contributed by atoms with Crippen molar-refractivity contribution in [1.82, 2.24) is 4.98 Å². The van der Waals surface area contributed by atoms with E-state index in [0.717, 1.165) is 5.75 Å². The van der Waals surface area contributed by atoms with Crippen LogP contribution in [-0.2, 0) is 0 Å². The number of benzene rings is 1. The molecule has 1 heterocycles. The molecular weight excluding hydrogens is 240 g/mol. The molecule has 0 bridgehead atoms. The van der Waals surface area contributed by atoms with Crippen molar-refractivity contribution in [1.29, 1.82) is 0 Å². The Balaban J connectivity index is 2.12. The molecule has 0 saturated carbocycles. The molecule has 0 atom stereocenters. The molecule has 0 spiro atoms. The zero-order valence-electron chi connectivity index (χ0n) is 11.2. The topological polar surface area (TPSA) is 57.4 Å². The van der Waals surface area contributed by atoms with Gasteiger partial charge < -0.3 is 15.2 Å². The van der Waals surface area contributed by atoms with E-state index in [1.165, 1.54) is 0 Å². The van der Waals surface area contributed by atoms with Crippen molar-refractivity contribution in [2.75, 3.05) is 12.3 Å². The van der Waals surface area contributed by atoms with Crippen molar-refractivity contribution in [3.05, 3.63) is 42.5 Å². The summed E-state index contributed by atoms with van der Waals surface area (Å²) in [4.78, 5) is 4.27. The van der Waals surface area contributed by atoms with Gasteiger partial charge in [-0.05, 0) is 24.1 Å². The number of hydrogen-bond acceptors (Lipinski definition) is 4. The van der Waals surface area contributed by atoms with Crippen LogP contribution in [0.25, 0.3) is 0 Å². The number of anilines is 1. The van der Waals surface area contributed by atoms with E-state index in [1.54, 1.807) is 12.1 Å². The van der Waals surface area contributed by atoms with Crippen molar-refractivity contribution in [3.8, 4) is 17.5 Å². The summed E-state index contributed by atoms with van der Waals surface area (Å²) in [6.45, 7) is 4.72. The summed E-state index contributed by atoms with van der Waals surface area (Å²) >= 11 is 0. The van der Waals surface area contributed by atoms with Gasteiger partial charge in [0.25, 0.3) is 0 Å². The number of para-hydroxylation sites is 1. The number of nitrogen functional groups attached to an aromatic ring is 1. The maximum absolute atomic E-state index is 5.83. The van der Waals surface area contributed by atoms with Crippen LogP contribution in [0.15, 0.2) is 42.5 Å². The normalized spacial score (nSPS) is 10.5. The zero-order chi connectivity index (χ0) is 13.7. The molecule has 0 saturated heterocycles. The molecule has 0 radical (unpaired) electrons. The molecule has 0 aliphatic rings. The maximum Gasteiger partial charge on any atom is 0.240 e. The first kappa shape index (κ1) is 13.2. The standard InChI is InChI=1S/C15H18N2O2/c1-11(2)10-18-15-13(16)8-9-14(17-15)19-12-6-4-3-5-7-12/h3-9,11H,10,16H2,1-2H3. The zero-order valence-corrected chi connectivity index (χ0v) is 11.2. The smallest absolute Gasteiger partial charge is 0.240 e. The summed E-state index contributed by atoms with van der Waals surface area (Å²) in [5, 5.41) is 0. The molecule has 100 valence electrons. The van der Waals surface area contributed by atoms with Crippen LogP contribution in [0.4, 0.5) is 5.69 Å². The SMILES string of the molecule is CC(C)COc1nc(Oc2ccccc2)ccc1N. The monoisotopic (exact) mass is 258 g/mol. The predicted molar refractivity (Wildman–Crippen MR) is 75.5 cm³/mol. The minimum Gasteiger partial charge on any atom is -0.476 e. The number of nitrogens with two attached hydrogens (primary N) is 1. The molecule has 2 N–H and O–H groups in total. The average molecular weight is 258 g/mol. The molecule has 4 nitrogen and oxygen atoms in total. The largest absolute Gasteiger partial charge is 0.476 e.